The number of piperazine rings is 1. The molecule has 1 aliphatic heterocycles. The maximum Gasteiger partial charge on any atom is 0.411 e. The van der Waals surface area contributed by atoms with Gasteiger partial charge in [0.15, 0.2) is 0 Å². The average Bonchev–Trinajstić information content (AvgIpc) is 2.76. The summed E-state index contributed by atoms with van der Waals surface area (Å²) in [5, 5.41) is 2.19. The van der Waals surface area contributed by atoms with Gasteiger partial charge in [-0.3, -0.25) is 9.69 Å². The van der Waals surface area contributed by atoms with E-state index in [9.17, 15) is 18.0 Å². The molecule has 0 saturated carbocycles. The van der Waals surface area contributed by atoms with E-state index in [1.165, 1.54) is 0 Å². The highest BCUT2D eigenvalue weighted by Gasteiger charge is 2.27. The van der Waals surface area contributed by atoms with Gasteiger partial charge in [-0.1, -0.05) is 36.4 Å². The Kier molecular flexibility index (Phi) is 8.54. The molecule has 0 unspecified atom stereocenters. The lowest BCUT2D eigenvalue weighted by molar-refractivity contribution is -0.174. The van der Waals surface area contributed by atoms with Gasteiger partial charge in [0, 0.05) is 51.1 Å². The molecule has 3 rings (SSSR count). The highest BCUT2D eigenvalue weighted by atomic mass is 19.4. The summed E-state index contributed by atoms with van der Waals surface area (Å²) in [5.74, 6) is 0.952. The van der Waals surface area contributed by atoms with E-state index < -0.39 is 12.8 Å². The maximum atomic E-state index is 12.4. The monoisotopic (exact) mass is 438 g/mol. The number of carbonyl (C=O) groups is 1. The van der Waals surface area contributed by atoms with Crippen LogP contribution >= 0.6 is 0 Å². The van der Waals surface area contributed by atoms with Crippen molar-refractivity contribution in [1.29, 1.82) is 0 Å². The molecule has 0 spiro atoms. The Hall–Kier alpha value is -2.32. The van der Waals surface area contributed by atoms with Crippen LogP contribution in [-0.2, 0) is 9.53 Å². The van der Waals surface area contributed by atoms with Gasteiger partial charge < -0.3 is 14.4 Å². The third kappa shape index (κ3) is 7.70. The van der Waals surface area contributed by atoms with Crippen LogP contribution in [0.15, 0.2) is 42.5 Å². The Balaban J connectivity index is 1.29. The van der Waals surface area contributed by atoms with Crippen LogP contribution in [0.1, 0.15) is 19.3 Å². The quantitative estimate of drug-likeness (QED) is 0.524. The molecule has 0 aromatic heterocycles. The van der Waals surface area contributed by atoms with E-state index in [2.05, 4.69) is 9.64 Å². The van der Waals surface area contributed by atoms with E-state index in [-0.39, 0.29) is 12.5 Å². The second-order valence-electron chi connectivity index (χ2n) is 7.67. The zero-order valence-electron chi connectivity index (χ0n) is 17.6. The van der Waals surface area contributed by atoms with Crippen LogP contribution in [0.4, 0.5) is 13.2 Å². The number of rotatable bonds is 10. The van der Waals surface area contributed by atoms with Crippen molar-refractivity contribution < 1.29 is 27.4 Å². The van der Waals surface area contributed by atoms with E-state index in [1.54, 1.807) is 0 Å². The van der Waals surface area contributed by atoms with Gasteiger partial charge in [0.1, 0.15) is 12.4 Å². The highest BCUT2D eigenvalue weighted by Crippen LogP contribution is 2.25. The number of carbonyl (C=O) groups excluding carboxylic acids is 1. The van der Waals surface area contributed by atoms with Gasteiger partial charge in [-0.05, 0) is 24.3 Å². The SMILES string of the molecule is O=C(CCCOc1cccc2ccccc12)N1CCN(CCCOCC(F)(F)F)CC1. The van der Waals surface area contributed by atoms with Crippen LogP contribution in [0.2, 0.25) is 0 Å². The van der Waals surface area contributed by atoms with E-state index in [1.807, 2.05) is 47.4 Å². The second kappa shape index (κ2) is 11.3. The van der Waals surface area contributed by atoms with Crippen molar-refractivity contribution in [3.8, 4) is 5.75 Å². The number of hydrogen-bond acceptors (Lipinski definition) is 4. The van der Waals surface area contributed by atoms with Crippen molar-refractivity contribution >= 4 is 16.7 Å². The fourth-order valence-electron chi connectivity index (χ4n) is 3.68. The number of hydrogen-bond donors (Lipinski definition) is 0. The van der Waals surface area contributed by atoms with Crippen molar-refractivity contribution in [1.82, 2.24) is 9.80 Å². The van der Waals surface area contributed by atoms with Gasteiger partial charge in [-0.2, -0.15) is 13.2 Å². The molecule has 1 fully saturated rings. The number of fused-ring (bicyclic) bond motifs is 1. The zero-order valence-corrected chi connectivity index (χ0v) is 17.6. The Morgan fingerprint density at radius 1 is 0.935 bits per heavy atom. The summed E-state index contributed by atoms with van der Waals surface area (Å²) in [6.07, 6.45) is -2.63. The molecule has 0 atom stereocenters. The van der Waals surface area contributed by atoms with Crippen LogP contribution < -0.4 is 4.74 Å². The zero-order chi connectivity index (χ0) is 22.1. The highest BCUT2D eigenvalue weighted by molar-refractivity contribution is 5.88. The van der Waals surface area contributed by atoms with Crippen LogP contribution in [0.3, 0.4) is 0 Å². The van der Waals surface area contributed by atoms with Crippen LogP contribution in [-0.4, -0.2) is 74.4 Å². The molecular formula is C23H29F3N2O3. The summed E-state index contributed by atoms with van der Waals surface area (Å²) in [5.41, 5.74) is 0. The molecule has 2 aromatic rings. The number of ether oxygens (including phenoxy) is 2. The predicted molar refractivity (Wildman–Crippen MR) is 113 cm³/mol. The van der Waals surface area contributed by atoms with Gasteiger partial charge in [0.05, 0.1) is 6.61 Å². The first-order chi connectivity index (χ1) is 14.9. The Morgan fingerprint density at radius 3 is 2.45 bits per heavy atom. The Morgan fingerprint density at radius 2 is 1.68 bits per heavy atom. The minimum Gasteiger partial charge on any atom is -0.493 e. The van der Waals surface area contributed by atoms with Crippen LogP contribution in [0, 0.1) is 0 Å². The van der Waals surface area contributed by atoms with Gasteiger partial charge in [-0.25, -0.2) is 0 Å². The minimum atomic E-state index is -4.27. The third-order valence-electron chi connectivity index (χ3n) is 5.30. The molecule has 0 N–H and O–H groups in total. The fraction of sp³-hybridized carbons (Fsp3) is 0.522. The van der Waals surface area contributed by atoms with Gasteiger partial charge in [0.25, 0.3) is 0 Å². The molecule has 0 radical (unpaired) electrons. The molecule has 2 aromatic carbocycles. The first kappa shape index (κ1) is 23.3. The number of alkyl halides is 3. The number of benzene rings is 2. The summed E-state index contributed by atoms with van der Waals surface area (Å²) >= 11 is 0. The molecular weight excluding hydrogens is 409 g/mol. The summed E-state index contributed by atoms with van der Waals surface area (Å²) in [4.78, 5) is 16.5. The minimum absolute atomic E-state index is 0.0926. The lowest BCUT2D eigenvalue weighted by atomic mass is 10.1. The average molecular weight is 438 g/mol. The van der Waals surface area contributed by atoms with Gasteiger partial charge >= 0.3 is 6.18 Å². The maximum absolute atomic E-state index is 12.4. The lowest BCUT2D eigenvalue weighted by Crippen LogP contribution is -2.49. The van der Waals surface area contributed by atoms with E-state index >= 15 is 0 Å². The van der Waals surface area contributed by atoms with Crippen molar-refractivity contribution in [2.24, 2.45) is 0 Å². The third-order valence-corrected chi connectivity index (χ3v) is 5.30. The molecule has 31 heavy (non-hydrogen) atoms. The summed E-state index contributed by atoms with van der Waals surface area (Å²) in [6.45, 7) is 2.82. The van der Waals surface area contributed by atoms with Gasteiger partial charge in [-0.15, -0.1) is 0 Å². The second-order valence-corrected chi connectivity index (χ2v) is 7.67. The number of nitrogens with zero attached hydrogens (tertiary/aromatic N) is 2. The van der Waals surface area contributed by atoms with E-state index in [4.69, 9.17) is 4.74 Å². The van der Waals surface area contributed by atoms with Crippen LogP contribution in [0.25, 0.3) is 10.8 Å². The summed E-state index contributed by atoms with van der Waals surface area (Å²) < 4.78 is 46.6. The first-order valence-electron chi connectivity index (χ1n) is 10.7. The topological polar surface area (TPSA) is 42.0 Å². The fourth-order valence-corrected chi connectivity index (χ4v) is 3.68. The standard InChI is InChI=1S/C23H29F3N2O3/c24-23(25,26)18-30-16-5-11-27-12-14-28(15-13-27)22(29)10-4-17-31-21-9-3-7-19-6-1-2-8-20(19)21/h1-3,6-9H,4-5,10-18H2. The first-order valence-corrected chi connectivity index (χ1v) is 10.7. The normalized spacial score (nSPS) is 15.4. The van der Waals surface area contributed by atoms with E-state index in [0.717, 1.165) is 29.6 Å². The Labute approximate surface area is 180 Å². The largest absolute Gasteiger partial charge is 0.493 e. The molecule has 0 bridgehead atoms. The molecule has 1 heterocycles. The Bertz CT molecular complexity index is 831. The summed E-state index contributed by atoms with van der Waals surface area (Å²) in [7, 11) is 0. The molecule has 0 aliphatic carbocycles. The van der Waals surface area contributed by atoms with Crippen LogP contribution in [0.5, 0.6) is 5.75 Å². The molecule has 8 heteroatoms. The van der Waals surface area contributed by atoms with Crippen molar-refractivity contribution in [2.45, 2.75) is 25.4 Å². The molecule has 1 saturated heterocycles. The predicted octanol–water partition coefficient (Wildman–Crippen LogP) is 4.11. The van der Waals surface area contributed by atoms with Crippen molar-refractivity contribution in [2.75, 3.05) is 52.5 Å². The van der Waals surface area contributed by atoms with Crippen molar-refractivity contribution in [3.05, 3.63) is 42.5 Å². The van der Waals surface area contributed by atoms with E-state index in [0.29, 0.717) is 45.5 Å². The number of halogens is 3. The summed E-state index contributed by atoms with van der Waals surface area (Å²) in [6, 6.07) is 14.0. The van der Waals surface area contributed by atoms with Gasteiger partial charge in [0.2, 0.25) is 5.91 Å². The van der Waals surface area contributed by atoms with Crippen molar-refractivity contribution in [3.63, 3.8) is 0 Å². The molecule has 1 amide bonds. The molecule has 5 nitrogen and oxygen atoms in total. The molecule has 1 aliphatic rings. The lowest BCUT2D eigenvalue weighted by Gasteiger charge is -2.34. The smallest absolute Gasteiger partial charge is 0.411 e. The number of amides is 1. The molecule has 170 valence electrons.